The average molecular weight is 260 g/mol. The van der Waals surface area contributed by atoms with Gasteiger partial charge >= 0.3 is 0 Å². The highest BCUT2D eigenvalue weighted by Gasteiger charge is 1.75. The van der Waals surface area contributed by atoms with Crippen LogP contribution in [0.4, 0.5) is 0 Å². The molecule has 0 amide bonds. The van der Waals surface area contributed by atoms with Crippen molar-refractivity contribution < 1.29 is 41.3 Å². The molecular formula is C10H16N2O6. The Bertz CT molecular complexity index is 300. The number of rotatable bonds is 2. The molecule has 0 unspecified atom stereocenters. The third-order valence-corrected chi connectivity index (χ3v) is 0.869. The van der Waals surface area contributed by atoms with Gasteiger partial charge in [-0.2, -0.15) is 9.68 Å². The molecule has 0 fully saturated rings. The van der Waals surface area contributed by atoms with Gasteiger partial charge < -0.3 is 19.8 Å². The fourth-order valence-corrected chi connectivity index (χ4v) is 0.246. The molecule has 0 aliphatic carbocycles. The van der Waals surface area contributed by atoms with Gasteiger partial charge in [0.05, 0.1) is 11.9 Å². The van der Waals surface area contributed by atoms with Gasteiger partial charge in [-0.3, -0.25) is 0 Å². The summed E-state index contributed by atoms with van der Waals surface area (Å²) in [4.78, 5) is 26.6. The summed E-state index contributed by atoms with van der Waals surface area (Å²) in [6, 6.07) is 0. The number of carboxylic acid groups (broad SMARTS) is 2. The monoisotopic (exact) mass is 260 g/mol. The summed E-state index contributed by atoms with van der Waals surface area (Å²) in [6.45, 7) is 4.41. The van der Waals surface area contributed by atoms with Gasteiger partial charge in [-0.05, 0) is 13.8 Å². The Balaban J connectivity index is -0.000000187. The van der Waals surface area contributed by atoms with Crippen molar-refractivity contribution in [2.45, 2.75) is 13.8 Å². The maximum Gasteiger partial charge on any atom is 0.166 e. The molecule has 0 radical (unpaired) electrons. The summed E-state index contributed by atoms with van der Waals surface area (Å²) in [5.41, 5.74) is 0. The van der Waals surface area contributed by atoms with Gasteiger partial charge in [0.25, 0.3) is 0 Å². The van der Waals surface area contributed by atoms with Gasteiger partial charge in [-0.15, -0.1) is 11.8 Å². The molecule has 0 aliphatic rings. The minimum absolute atomic E-state index is 0.441. The average Bonchev–Trinajstić information content (AvgIpc) is 2.35. The maximum atomic E-state index is 8.93. The van der Waals surface area contributed by atoms with Crippen LogP contribution in [0.5, 0.6) is 0 Å². The van der Waals surface area contributed by atoms with E-state index in [0.717, 1.165) is 0 Å². The second kappa shape index (κ2) is 20.3. The topological polar surface area (TPSA) is 154 Å². The molecule has 0 aromatic heterocycles. The van der Waals surface area contributed by atoms with Crippen LogP contribution in [0.15, 0.2) is 0 Å². The van der Waals surface area contributed by atoms with E-state index in [4.69, 9.17) is 19.8 Å². The molecule has 0 saturated carbocycles. The predicted molar refractivity (Wildman–Crippen MR) is 54.6 cm³/mol. The first kappa shape index (κ1) is 21.2. The third kappa shape index (κ3) is 37.1. The minimum Gasteiger partial charge on any atom is -0.543 e. The van der Waals surface area contributed by atoms with E-state index >= 15 is 0 Å². The van der Waals surface area contributed by atoms with Crippen LogP contribution in [0.2, 0.25) is 0 Å². The lowest BCUT2D eigenvalue weighted by atomic mass is 10.6. The van der Waals surface area contributed by atoms with Gasteiger partial charge in [-0.1, -0.05) is 11.8 Å². The van der Waals surface area contributed by atoms with Crippen molar-refractivity contribution in [2.75, 3.05) is 13.2 Å². The Morgan fingerprint density at radius 3 is 1.28 bits per heavy atom. The van der Waals surface area contributed by atoms with E-state index in [1.54, 1.807) is 13.8 Å². The van der Waals surface area contributed by atoms with Crippen LogP contribution in [0.25, 0.3) is 0 Å². The first-order valence-corrected chi connectivity index (χ1v) is 4.43. The zero-order valence-electron chi connectivity index (χ0n) is 10.3. The van der Waals surface area contributed by atoms with Gasteiger partial charge in [0.2, 0.25) is 0 Å². The largest absolute Gasteiger partial charge is 0.543 e. The predicted octanol–water partition coefficient (Wildman–Crippen LogP) is -5.15. The van der Waals surface area contributed by atoms with Crippen LogP contribution in [0.3, 0.4) is 0 Å². The molecule has 0 saturated heterocycles. The van der Waals surface area contributed by atoms with E-state index in [0.29, 0.717) is 13.2 Å². The summed E-state index contributed by atoms with van der Waals surface area (Å²) in [5.74, 6) is 12.5. The highest BCUT2D eigenvalue weighted by molar-refractivity contribution is 6.25. The first-order chi connectivity index (χ1) is 8.47. The zero-order valence-corrected chi connectivity index (χ0v) is 10.3. The maximum absolute atomic E-state index is 8.93. The molecule has 102 valence electrons. The smallest absolute Gasteiger partial charge is 0.166 e. The van der Waals surface area contributed by atoms with Crippen molar-refractivity contribution in [1.82, 2.24) is 0 Å². The normalized spacial score (nSPS) is 6.67. The van der Waals surface area contributed by atoms with Gasteiger partial charge in [0.1, 0.15) is 0 Å². The Hall–Kier alpha value is -2.10. The van der Waals surface area contributed by atoms with Crippen molar-refractivity contribution >= 4 is 11.9 Å². The quantitative estimate of drug-likeness (QED) is 0.287. The Morgan fingerprint density at radius 1 is 0.944 bits per heavy atom. The summed E-state index contributed by atoms with van der Waals surface area (Å²) in [7, 11) is 0. The molecule has 0 heterocycles. The highest BCUT2D eigenvalue weighted by atomic mass is 16.6. The van der Waals surface area contributed by atoms with Crippen LogP contribution in [-0.2, 0) is 19.3 Å². The second-order valence-electron chi connectivity index (χ2n) is 2.13. The number of hydrogen-bond donors (Lipinski definition) is 2. The Labute approximate surface area is 105 Å². The van der Waals surface area contributed by atoms with Crippen molar-refractivity contribution in [2.24, 2.45) is 0 Å². The molecule has 18 heavy (non-hydrogen) atoms. The van der Waals surface area contributed by atoms with E-state index in [9.17, 15) is 0 Å². The van der Waals surface area contributed by atoms with E-state index in [2.05, 4.69) is 45.2 Å². The first-order valence-electron chi connectivity index (χ1n) is 4.43. The fraction of sp³-hybridized carbons (Fsp3) is 0.400. The number of carbonyl (C=O) groups is 2. The van der Waals surface area contributed by atoms with E-state index in [1.165, 1.54) is 0 Å². The minimum atomic E-state index is -2.19. The molecule has 8 heteroatoms. The fourth-order valence-electron chi connectivity index (χ4n) is 0.246. The third-order valence-electron chi connectivity index (χ3n) is 0.869. The molecule has 0 spiro atoms. The van der Waals surface area contributed by atoms with Crippen LogP contribution >= 0.6 is 0 Å². The SMILES string of the molecule is CC#CCO[NH3+].CC#CCO[NH3+].O=C([O-])C(=O)[O-]. The Kier molecular flexibility index (Phi) is 24.0. The zero-order chi connectivity index (χ0) is 14.8. The van der Waals surface area contributed by atoms with Crippen LogP contribution < -0.4 is 22.0 Å². The molecule has 0 aromatic carbocycles. The van der Waals surface area contributed by atoms with Crippen LogP contribution in [0, 0.1) is 23.7 Å². The van der Waals surface area contributed by atoms with Crippen molar-refractivity contribution in [3.8, 4) is 23.7 Å². The van der Waals surface area contributed by atoms with E-state index in [1.807, 2.05) is 0 Å². The second-order valence-corrected chi connectivity index (χ2v) is 2.13. The Morgan fingerprint density at radius 2 is 1.22 bits per heavy atom. The lowest BCUT2D eigenvalue weighted by Crippen LogP contribution is -2.48. The van der Waals surface area contributed by atoms with Crippen molar-refractivity contribution in [3.05, 3.63) is 0 Å². The van der Waals surface area contributed by atoms with Crippen LogP contribution in [-0.4, -0.2) is 25.2 Å². The number of carboxylic acids is 2. The lowest BCUT2D eigenvalue weighted by molar-refractivity contribution is -0.685. The van der Waals surface area contributed by atoms with E-state index < -0.39 is 11.9 Å². The number of aliphatic carboxylic acids is 2. The standard InChI is InChI=1S/2C4H8NO.C2H2O4/c2*1-2-3-4-6-5;3-1(4)2(5)6/h2*4H2,1,5H3;(H,3,4)(H,5,6)/q2*+1;/p-2. The van der Waals surface area contributed by atoms with Gasteiger partial charge in [-0.25, -0.2) is 11.8 Å². The molecule has 8 nitrogen and oxygen atoms in total. The van der Waals surface area contributed by atoms with Crippen molar-refractivity contribution in [1.29, 1.82) is 0 Å². The number of quaternary nitrogens is 2. The molecule has 6 N–H and O–H groups in total. The molecule has 0 aliphatic heterocycles. The molecular weight excluding hydrogens is 244 g/mol. The molecule has 0 atom stereocenters. The molecule has 0 aromatic rings. The highest BCUT2D eigenvalue weighted by Crippen LogP contribution is 1.51. The summed E-state index contributed by atoms with van der Waals surface area (Å²) >= 11 is 0. The number of hydrogen-bond acceptors (Lipinski definition) is 6. The number of carbonyl (C=O) groups excluding carboxylic acids is 2. The van der Waals surface area contributed by atoms with Crippen LogP contribution in [0.1, 0.15) is 13.8 Å². The lowest BCUT2D eigenvalue weighted by Gasteiger charge is -1.97. The van der Waals surface area contributed by atoms with Gasteiger partial charge in [0, 0.05) is 0 Å². The molecule has 0 bridgehead atoms. The molecule has 0 rings (SSSR count). The summed E-state index contributed by atoms with van der Waals surface area (Å²) in [6.07, 6.45) is 0. The van der Waals surface area contributed by atoms with Crippen molar-refractivity contribution in [3.63, 3.8) is 0 Å². The summed E-state index contributed by atoms with van der Waals surface area (Å²) in [5, 5.41) is 17.9. The van der Waals surface area contributed by atoms with E-state index in [-0.39, 0.29) is 0 Å². The van der Waals surface area contributed by atoms with Gasteiger partial charge in [0.15, 0.2) is 13.2 Å². The summed E-state index contributed by atoms with van der Waals surface area (Å²) < 4.78 is 0.